The summed E-state index contributed by atoms with van der Waals surface area (Å²) in [6.45, 7) is 1.94. The van der Waals surface area contributed by atoms with Gasteiger partial charge in [-0.05, 0) is 80.0 Å². The third kappa shape index (κ3) is 4.47. The van der Waals surface area contributed by atoms with Crippen molar-refractivity contribution < 1.29 is 33.6 Å². The van der Waals surface area contributed by atoms with Crippen LogP contribution in [0.3, 0.4) is 0 Å². The van der Waals surface area contributed by atoms with Crippen LogP contribution in [0.4, 0.5) is 0 Å². The highest BCUT2D eigenvalue weighted by molar-refractivity contribution is 5.96. The molecule has 1 N–H and O–H groups in total. The van der Waals surface area contributed by atoms with E-state index in [1.807, 2.05) is 42.5 Å². The summed E-state index contributed by atoms with van der Waals surface area (Å²) in [6, 6.07) is 14.0. The van der Waals surface area contributed by atoms with Gasteiger partial charge in [-0.15, -0.1) is 0 Å². The lowest BCUT2D eigenvalue weighted by molar-refractivity contribution is -0.156. The van der Waals surface area contributed by atoms with E-state index in [0.717, 1.165) is 54.8 Å². The molecular weight excluding hydrogens is 510 g/mol. The van der Waals surface area contributed by atoms with Crippen molar-refractivity contribution in [2.75, 3.05) is 34.1 Å². The van der Waals surface area contributed by atoms with Gasteiger partial charge in [-0.25, -0.2) is 0 Å². The number of hydrogen-bond donors (Lipinski definition) is 1. The number of ether oxygens (including phenoxy) is 4. The number of allylic oxidation sites excluding steroid dienone is 1. The van der Waals surface area contributed by atoms with Crippen LogP contribution in [0.1, 0.15) is 54.7 Å². The van der Waals surface area contributed by atoms with Gasteiger partial charge in [-0.1, -0.05) is 30.3 Å². The molecule has 3 heterocycles. The average Bonchev–Trinajstić information content (AvgIpc) is 3.66. The molecule has 1 fully saturated rings. The van der Waals surface area contributed by atoms with Crippen molar-refractivity contribution in [2.45, 2.75) is 62.0 Å². The molecule has 2 aromatic carbocycles. The molecule has 0 aromatic heterocycles. The first-order valence-corrected chi connectivity index (χ1v) is 14.2. The molecule has 0 amide bonds. The van der Waals surface area contributed by atoms with Crippen LogP contribution in [0.25, 0.3) is 0 Å². The molecule has 0 bridgehead atoms. The van der Waals surface area contributed by atoms with E-state index in [2.05, 4.69) is 11.0 Å². The van der Waals surface area contributed by atoms with Crippen LogP contribution in [-0.2, 0) is 31.9 Å². The predicted octanol–water partition coefficient (Wildman–Crippen LogP) is 3.94. The predicted molar refractivity (Wildman–Crippen MR) is 147 cm³/mol. The number of carbonyl (C=O) groups is 2. The molecule has 8 heteroatoms. The van der Waals surface area contributed by atoms with E-state index in [1.165, 1.54) is 7.11 Å². The first-order chi connectivity index (χ1) is 19.4. The molecule has 1 spiro atoms. The zero-order valence-electron chi connectivity index (χ0n) is 23.2. The van der Waals surface area contributed by atoms with E-state index < -0.39 is 35.2 Å². The molecule has 6 rings (SSSR count). The Morgan fingerprint density at radius 1 is 1.12 bits per heavy atom. The molecule has 0 saturated carbocycles. The summed E-state index contributed by atoms with van der Waals surface area (Å²) < 4.78 is 22.3. The Bertz CT molecular complexity index is 1320. The summed E-state index contributed by atoms with van der Waals surface area (Å²) in [6.07, 6.45) is 5.80. The molecule has 1 saturated heterocycles. The Kier molecular flexibility index (Phi) is 7.09. The number of methoxy groups -OCH3 is 2. The number of rotatable bonds is 9. The number of fused-ring (bicyclic) bond motifs is 3. The van der Waals surface area contributed by atoms with Gasteiger partial charge in [0.2, 0.25) is 6.79 Å². The highest BCUT2D eigenvalue weighted by atomic mass is 16.7. The second-order valence-electron chi connectivity index (χ2n) is 11.4. The first-order valence-electron chi connectivity index (χ1n) is 14.2. The smallest absolute Gasteiger partial charge is 0.308 e. The van der Waals surface area contributed by atoms with Crippen LogP contribution in [0, 0.1) is 5.92 Å². The number of esters is 1. The van der Waals surface area contributed by atoms with E-state index in [1.54, 1.807) is 7.11 Å². The van der Waals surface area contributed by atoms with Crippen molar-refractivity contribution in [1.82, 2.24) is 4.90 Å². The van der Waals surface area contributed by atoms with Crippen molar-refractivity contribution in [3.63, 3.8) is 0 Å². The number of ketones is 1. The van der Waals surface area contributed by atoms with Crippen molar-refractivity contribution in [2.24, 2.45) is 5.92 Å². The molecule has 8 nitrogen and oxygen atoms in total. The van der Waals surface area contributed by atoms with Gasteiger partial charge in [0.15, 0.2) is 17.3 Å². The van der Waals surface area contributed by atoms with E-state index >= 15 is 0 Å². The fraction of sp³-hybridized carbons (Fsp3) is 0.500. The highest BCUT2D eigenvalue weighted by Gasteiger charge is 2.60. The Hall–Kier alpha value is -3.36. The van der Waals surface area contributed by atoms with E-state index in [-0.39, 0.29) is 19.1 Å². The first kappa shape index (κ1) is 26.8. The minimum Gasteiger partial charge on any atom is -0.501 e. The van der Waals surface area contributed by atoms with Gasteiger partial charge < -0.3 is 24.1 Å². The lowest BCUT2D eigenvalue weighted by Gasteiger charge is -2.40. The standard InChI is InChI=1S/C32H37NO7/c1-37-26-18-31-12-7-14-33(31)15-11-22-16-24-25(40-20-39-24)17-23(22)29(31)28(26)30(35)32(36,19-27(34)38-2)13-6-10-21-8-4-3-5-9-21/h3-5,8-9,16-18,28-29,36H,6-7,10-15,19-20H2,1-2H3/t28-,29-,31+,32-/m1/s1. The number of benzene rings is 2. The van der Waals surface area contributed by atoms with Crippen LogP contribution in [0.5, 0.6) is 11.5 Å². The van der Waals surface area contributed by atoms with Crippen molar-refractivity contribution in [1.29, 1.82) is 0 Å². The highest BCUT2D eigenvalue weighted by Crippen LogP contribution is 2.58. The van der Waals surface area contributed by atoms with Gasteiger partial charge in [0.05, 0.1) is 32.1 Å². The molecular formula is C32H37NO7. The molecule has 3 aliphatic heterocycles. The molecule has 4 atom stereocenters. The SMILES string of the molecule is COC(=O)C[C@](O)(CCCc1ccccc1)C(=O)[C@@H]1C(OC)=C[C@]23CCCN2CCc2cc4c(cc2[C@H]13)OCO4. The lowest BCUT2D eigenvalue weighted by Crippen LogP contribution is -2.51. The van der Waals surface area contributed by atoms with Gasteiger partial charge in [0.25, 0.3) is 0 Å². The summed E-state index contributed by atoms with van der Waals surface area (Å²) in [4.78, 5) is 29.7. The summed E-state index contributed by atoms with van der Waals surface area (Å²) in [5, 5.41) is 12.0. The zero-order chi connectivity index (χ0) is 27.9. The summed E-state index contributed by atoms with van der Waals surface area (Å²) in [5.41, 5.74) is 0.943. The normalized spacial score (nSPS) is 26.1. The number of hydrogen-bond acceptors (Lipinski definition) is 8. The van der Waals surface area contributed by atoms with Gasteiger partial charge in [-0.3, -0.25) is 14.5 Å². The average molecular weight is 548 g/mol. The Labute approximate surface area is 234 Å². The number of aryl methyl sites for hydroxylation is 1. The third-order valence-corrected chi connectivity index (χ3v) is 9.33. The summed E-state index contributed by atoms with van der Waals surface area (Å²) in [5.74, 6) is -0.101. The lowest BCUT2D eigenvalue weighted by atomic mass is 9.69. The number of Topliss-reactive ketones (excluding diaryl/α,β-unsaturated/α-hetero) is 1. The monoisotopic (exact) mass is 547 g/mol. The van der Waals surface area contributed by atoms with Crippen LogP contribution in [0.2, 0.25) is 0 Å². The number of nitrogens with zero attached hydrogens (tertiary/aromatic N) is 1. The Morgan fingerprint density at radius 3 is 2.65 bits per heavy atom. The molecule has 0 radical (unpaired) electrons. The largest absolute Gasteiger partial charge is 0.501 e. The van der Waals surface area contributed by atoms with E-state index in [9.17, 15) is 14.7 Å². The molecule has 40 heavy (non-hydrogen) atoms. The van der Waals surface area contributed by atoms with Gasteiger partial charge in [0.1, 0.15) is 11.4 Å². The molecule has 2 aromatic rings. The van der Waals surface area contributed by atoms with Crippen LogP contribution in [0.15, 0.2) is 54.3 Å². The zero-order valence-corrected chi connectivity index (χ0v) is 23.2. The second kappa shape index (κ2) is 10.6. The minimum atomic E-state index is -1.90. The van der Waals surface area contributed by atoms with Crippen LogP contribution in [-0.4, -0.2) is 67.0 Å². The van der Waals surface area contributed by atoms with E-state index in [4.69, 9.17) is 18.9 Å². The van der Waals surface area contributed by atoms with Crippen molar-refractivity contribution in [3.8, 4) is 11.5 Å². The minimum absolute atomic E-state index is 0.140. The quantitative estimate of drug-likeness (QED) is 0.472. The summed E-state index contributed by atoms with van der Waals surface area (Å²) in [7, 11) is 2.87. The van der Waals surface area contributed by atoms with Crippen LogP contribution >= 0.6 is 0 Å². The number of carbonyl (C=O) groups excluding carboxylic acids is 2. The maximum absolute atomic E-state index is 14.7. The topological polar surface area (TPSA) is 94.5 Å². The maximum atomic E-state index is 14.7. The van der Waals surface area contributed by atoms with Crippen molar-refractivity contribution >= 4 is 11.8 Å². The van der Waals surface area contributed by atoms with Gasteiger partial charge >= 0.3 is 5.97 Å². The Morgan fingerprint density at radius 2 is 1.90 bits per heavy atom. The van der Waals surface area contributed by atoms with Gasteiger partial charge in [0, 0.05) is 12.5 Å². The fourth-order valence-corrected chi connectivity index (χ4v) is 7.44. The summed E-state index contributed by atoms with van der Waals surface area (Å²) >= 11 is 0. The Balaban J connectivity index is 1.40. The molecule has 212 valence electrons. The fourth-order valence-electron chi connectivity index (χ4n) is 7.44. The van der Waals surface area contributed by atoms with Crippen LogP contribution < -0.4 is 9.47 Å². The second-order valence-corrected chi connectivity index (χ2v) is 11.4. The molecule has 4 aliphatic rings. The molecule has 0 unspecified atom stereocenters. The molecule has 1 aliphatic carbocycles. The van der Waals surface area contributed by atoms with E-state index in [0.29, 0.717) is 24.4 Å². The van der Waals surface area contributed by atoms with Gasteiger partial charge in [-0.2, -0.15) is 0 Å². The van der Waals surface area contributed by atoms with Crippen molar-refractivity contribution in [3.05, 3.63) is 71.0 Å². The maximum Gasteiger partial charge on any atom is 0.308 e. The number of aliphatic hydroxyl groups is 1. The third-order valence-electron chi connectivity index (χ3n) is 9.33.